The molecule has 0 atom stereocenters. The standard InChI is InChI=1S/C24H23FN4O/c1-5-17-6-9-19(10-7-17)29-23-22(16(4)28-29)20(13-15(3)26-23)24(30)27-21-11-8-18(25)12-14(21)2/h6-13H,5H2,1-4H3,(H,27,30). The Morgan fingerprint density at radius 1 is 1.07 bits per heavy atom. The maximum atomic E-state index is 13.4. The Kier molecular flexibility index (Phi) is 5.08. The van der Waals surface area contributed by atoms with Crippen LogP contribution in [0.25, 0.3) is 16.7 Å². The van der Waals surface area contributed by atoms with E-state index in [9.17, 15) is 9.18 Å². The van der Waals surface area contributed by atoms with Crippen molar-refractivity contribution in [2.75, 3.05) is 5.32 Å². The molecule has 152 valence electrons. The summed E-state index contributed by atoms with van der Waals surface area (Å²) in [5.74, 6) is -0.608. The van der Waals surface area contributed by atoms with E-state index in [-0.39, 0.29) is 11.7 Å². The number of aromatic nitrogens is 3. The minimum atomic E-state index is -0.334. The van der Waals surface area contributed by atoms with Gasteiger partial charge in [-0.1, -0.05) is 19.1 Å². The highest BCUT2D eigenvalue weighted by Gasteiger charge is 2.20. The van der Waals surface area contributed by atoms with Gasteiger partial charge in [0.2, 0.25) is 0 Å². The fourth-order valence-electron chi connectivity index (χ4n) is 3.60. The van der Waals surface area contributed by atoms with E-state index in [4.69, 9.17) is 0 Å². The smallest absolute Gasteiger partial charge is 0.256 e. The molecule has 1 N–H and O–H groups in total. The molecule has 0 spiro atoms. The number of benzene rings is 2. The SMILES string of the molecule is CCc1ccc(-n2nc(C)c3c(C(=O)Nc4ccc(F)cc4C)cc(C)nc32)cc1. The van der Waals surface area contributed by atoms with Crippen LogP contribution in [-0.4, -0.2) is 20.7 Å². The number of hydrogen-bond donors (Lipinski definition) is 1. The molecule has 0 fully saturated rings. The highest BCUT2D eigenvalue weighted by Crippen LogP contribution is 2.26. The molecule has 0 aliphatic carbocycles. The Labute approximate surface area is 174 Å². The Bertz CT molecular complexity index is 1260. The molecule has 2 heterocycles. The van der Waals surface area contributed by atoms with Gasteiger partial charge in [0.25, 0.3) is 5.91 Å². The maximum Gasteiger partial charge on any atom is 0.256 e. The molecule has 4 rings (SSSR count). The van der Waals surface area contributed by atoms with Crippen LogP contribution >= 0.6 is 0 Å². The number of nitrogens with one attached hydrogen (secondary N) is 1. The van der Waals surface area contributed by atoms with Gasteiger partial charge in [-0.05, 0) is 74.7 Å². The van der Waals surface area contributed by atoms with E-state index in [0.29, 0.717) is 27.8 Å². The van der Waals surface area contributed by atoms with Crippen molar-refractivity contribution in [1.29, 1.82) is 0 Å². The second kappa shape index (κ2) is 7.71. The molecule has 0 aliphatic heterocycles. The quantitative estimate of drug-likeness (QED) is 0.504. The molecule has 0 bridgehead atoms. The van der Waals surface area contributed by atoms with Crippen LogP contribution in [0.4, 0.5) is 10.1 Å². The summed E-state index contributed by atoms with van der Waals surface area (Å²) in [5, 5.41) is 8.26. The molecular formula is C24H23FN4O. The third-order valence-corrected chi connectivity index (χ3v) is 5.21. The lowest BCUT2D eigenvalue weighted by Crippen LogP contribution is -2.14. The molecular weight excluding hydrogens is 379 g/mol. The molecule has 1 amide bonds. The number of rotatable bonds is 4. The van der Waals surface area contributed by atoms with Crippen LogP contribution in [0.2, 0.25) is 0 Å². The van der Waals surface area contributed by atoms with E-state index >= 15 is 0 Å². The van der Waals surface area contributed by atoms with Gasteiger partial charge in [0, 0.05) is 11.4 Å². The van der Waals surface area contributed by atoms with Crippen molar-refractivity contribution >= 4 is 22.6 Å². The predicted octanol–water partition coefficient (Wildman–Crippen LogP) is 5.30. The van der Waals surface area contributed by atoms with E-state index < -0.39 is 0 Å². The molecule has 0 radical (unpaired) electrons. The largest absolute Gasteiger partial charge is 0.322 e. The van der Waals surface area contributed by atoms with Crippen LogP contribution in [0.1, 0.15) is 39.8 Å². The number of hydrogen-bond acceptors (Lipinski definition) is 3. The van der Waals surface area contributed by atoms with E-state index in [2.05, 4.69) is 34.5 Å². The highest BCUT2D eigenvalue weighted by molar-refractivity contribution is 6.13. The number of amides is 1. The summed E-state index contributed by atoms with van der Waals surface area (Å²) in [6.07, 6.45) is 0.962. The molecule has 6 heteroatoms. The molecule has 30 heavy (non-hydrogen) atoms. The zero-order valence-electron chi connectivity index (χ0n) is 17.5. The van der Waals surface area contributed by atoms with Crippen LogP contribution in [0, 0.1) is 26.6 Å². The van der Waals surface area contributed by atoms with Crippen molar-refractivity contribution in [3.63, 3.8) is 0 Å². The number of halogens is 1. The monoisotopic (exact) mass is 402 g/mol. The number of aryl methyl sites for hydroxylation is 4. The van der Waals surface area contributed by atoms with Crippen molar-refractivity contribution in [1.82, 2.24) is 14.8 Å². The third-order valence-electron chi connectivity index (χ3n) is 5.21. The maximum absolute atomic E-state index is 13.4. The number of anilines is 1. The van der Waals surface area contributed by atoms with Gasteiger partial charge in [-0.15, -0.1) is 0 Å². The van der Waals surface area contributed by atoms with Crippen LogP contribution in [-0.2, 0) is 6.42 Å². The number of pyridine rings is 1. The third kappa shape index (κ3) is 3.56. The normalized spacial score (nSPS) is 11.1. The molecule has 4 aromatic rings. The number of carbonyl (C=O) groups is 1. The molecule has 2 aromatic carbocycles. The lowest BCUT2D eigenvalue weighted by atomic mass is 10.1. The molecule has 0 unspecified atom stereocenters. The first kappa shape index (κ1) is 19.8. The summed E-state index contributed by atoms with van der Waals surface area (Å²) in [5.41, 5.74) is 5.94. The summed E-state index contributed by atoms with van der Waals surface area (Å²) >= 11 is 0. The lowest BCUT2D eigenvalue weighted by Gasteiger charge is -2.10. The molecule has 5 nitrogen and oxygen atoms in total. The summed E-state index contributed by atoms with van der Waals surface area (Å²) in [4.78, 5) is 17.8. The van der Waals surface area contributed by atoms with Crippen LogP contribution in [0.5, 0.6) is 0 Å². The van der Waals surface area contributed by atoms with Crippen LogP contribution in [0.15, 0.2) is 48.5 Å². The van der Waals surface area contributed by atoms with E-state index in [0.717, 1.165) is 23.5 Å². The van der Waals surface area contributed by atoms with Gasteiger partial charge < -0.3 is 5.32 Å². The topological polar surface area (TPSA) is 59.8 Å². The Morgan fingerprint density at radius 2 is 1.80 bits per heavy atom. The van der Waals surface area contributed by atoms with Crippen LogP contribution in [0.3, 0.4) is 0 Å². The van der Waals surface area contributed by atoms with Crippen molar-refractivity contribution < 1.29 is 9.18 Å². The Morgan fingerprint density at radius 3 is 2.47 bits per heavy atom. The zero-order chi connectivity index (χ0) is 21.4. The summed E-state index contributed by atoms with van der Waals surface area (Å²) in [6.45, 7) is 7.60. The molecule has 0 saturated heterocycles. The molecule has 0 aliphatic rings. The first-order chi connectivity index (χ1) is 14.4. The fraction of sp³-hybridized carbons (Fsp3) is 0.208. The van der Waals surface area contributed by atoms with E-state index in [1.165, 1.54) is 17.7 Å². The zero-order valence-corrected chi connectivity index (χ0v) is 17.5. The Hall–Kier alpha value is -3.54. The first-order valence-corrected chi connectivity index (χ1v) is 9.91. The van der Waals surface area contributed by atoms with Gasteiger partial charge in [0.15, 0.2) is 5.65 Å². The predicted molar refractivity (Wildman–Crippen MR) is 117 cm³/mol. The van der Waals surface area contributed by atoms with Gasteiger partial charge in [-0.25, -0.2) is 14.1 Å². The summed E-state index contributed by atoms with van der Waals surface area (Å²) in [7, 11) is 0. The fourth-order valence-corrected chi connectivity index (χ4v) is 3.60. The van der Waals surface area contributed by atoms with Gasteiger partial charge in [-0.3, -0.25) is 4.79 Å². The Balaban J connectivity index is 1.80. The molecule has 2 aromatic heterocycles. The summed E-state index contributed by atoms with van der Waals surface area (Å²) in [6, 6.07) is 14.2. The van der Waals surface area contributed by atoms with Crippen molar-refractivity contribution in [3.05, 3.63) is 82.4 Å². The van der Waals surface area contributed by atoms with Gasteiger partial charge in [0.05, 0.1) is 22.3 Å². The van der Waals surface area contributed by atoms with Crippen LogP contribution < -0.4 is 5.32 Å². The average Bonchev–Trinajstić information content (AvgIpc) is 3.05. The average molecular weight is 402 g/mol. The summed E-state index contributed by atoms with van der Waals surface area (Å²) < 4.78 is 15.2. The van der Waals surface area contributed by atoms with E-state index in [1.54, 1.807) is 23.7 Å². The number of fused-ring (bicyclic) bond motifs is 1. The van der Waals surface area contributed by atoms with E-state index in [1.807, 2.05) is 26.0 Å². The highest BCUT2D eigenvalue weighted by atomic mass is 19.1. The van der Waals surface area contributed by atoms with Gasteiger partial charge in [0.1, 0.15) is 5.82 Å². The second-order valence-corrected chi connectivity index (χ2v) is 7.44. The van der Waals surface area contributed by atoms with Crippen molar-refractivity contribution in [2.45, 2.75) is 34.1 Å². The first-order valence-electron chi connectivity index (χ1n) is 9.91. The number of nitrogens with zero attached hydrogens (tertiary/aromatic N) is 3. The second-order valence-electron chi connectivity index (χ2n) is 7.44. The number of carbonyl (C=O) groups excluding carboxylic acids is 1. The minimum Gasteiger partial charge on any atom is -0.322 e. The molecule has 0 saturated carbocycles. The van der Waals surface area contributed by atoms with Gasteiger partial charge in [-0.2, -0.15) is 5.10 Å². The minimum absolute atomic E-state index is 0.274. The van der Waals surface area contributed by atoms with Crippen molar-refractivity contribution in [3.8, 4) is 5.69 Å². The van der Waals surface area contributed by atoms with Crippen molar-refractivity contribution in [2.24, 2.45) is 0 Å². The van der Waals surface area contributed by atoms with Gasteiger partial charge >= 0.3 is 0 Å². The lowest BCUT2D eigenvalue weighted by molar-refractivity contribution is 0.102.